The van der Waals surface area contributed by atoms with Crippen LogP contribution in [-0.4, -0.2) is 22.9 Å². The Labute approximate surface area is 142 Å². The first-order chi connectivity index (χ1) is 11.9. The number of halogens is 1. The fourth-order valence-corrected chi connectivity index (χ4v) is 2.62. The number of carbonyl (C=O) groups excluding carboxylic acids is 2. The maximum Gasteiger partial charge on any atom is 0.335 e. The molecular weight excluding hydrogens is 327 g/mol. The Morgan fingerprint density at radius 2 is 1.88 bits per heavy atom. The van der Waals surface area contributed by atoms with E-state index >= 15 is 0 Å². The lowest BCUT2D eigenvalue weighted by molar-refractivity contribution is -0.116. The predicted molar refractivity (Wildman–Crippen MR) is 87.9 cm³/mol. The summed E-state index contributed by atoms with van der Waals surface area (Å²) in [4.78, 5) is 34.4. The normalized spacial score (nSPS) is 12.9. The second-order valence-electron chi connectivity index (χ2n) is 5.72. The van der Waals surface area contributed by atoms with Gasteiger partial charge in [0.25, 0.3) is 5.91 Å². The third-order valence-corrected chi connectivity index (χ3v) is 3.99. The van der Waals surface area contributed by atoms with E-state index in [-0.39, 0.29) is 23.6 Å². The molecule has 0 atom stereocenters. The number of carboxylic acids is 1. The van der Waals surface area contributed by atoms with E-state index in [0.717, 1.165) is 11.6 Å². The molecule has 0 spiro atoms. The van der Waals surface area contributed by atoms with Gasteiger partial charge in [-0.05, 0) is 41.8 Å². The van der Waals surface area contributed by atoms with Crippen molar-refractivity contribution in [3.05, 3.63) is 64.5 Å². The summed E-state index contributed by atoms with van der Waals surface area (Å²) in [6.45, 7) is 0.145. The van der Waals surface area contributed by atoms with Crippen LogP contribution < -0.4 is 10.6 Å². The van der Waals surface area contributed by atoms with Gasteiger partial charge in [0.05, 0.1) is 11.1 Å². The van der Waals surface area contributed by atoms with Crippen LogP contribution in [0, 0.1) is 5.82 Å². The van der Waals surface area contributed by atoms with Gasteiger partial charge in [-0.3, -0.25) is 9.59 Å². The summed E-state index contributed by atoms with van der Waals surface area (Å²) in [5, 5.41) is 14.0. The molecule has 2 aromatic rings. The van der Waals surface area contributed by atoms with Crippen LogP contribution in [0.4, 0.5) is 10.1 Å². The number of carbonyl (C=O) groups is 3. The number of nitrogens with one attached hydrogen (secondary N) is 2. The van der Waals surface area contributed by atoms with Gasteiger partial charge in [-0.1, -0.05) is 12.1 Å². The Kier molecular flexibility index (Phi) is 4.47. The first kappa shape index (κ1) is 16.6. The number of anilines is 1. The number of rotatable bonds is 4. The summed E-state index contributed by atoms with van der Waals surface area (Å²) in [6.07, 6.45) is 0.758. The van der Waals surface area contributed by atoms with Gasteiger partial charge in [0, 0.05) is 18.7 Å². The molecule has 0 unspecified atom stereocenters. The van der Waals surface area contributed by atoms with Crippen molar-refractivity contribution in [3.63, 3.8) is 0 Å². The molecule has 2 amide bonds. The van der Waals surface area contributed by atoms with E-state index in [2.05, 4.69) is 10.6 Å². The molecule has 0 fully saturated rings. The summed E-state index contributed by atoms with van der Waals surface area (Å²) < 4.78 is 14.1. The zero-order chi connectivity index (χ0) is 18.0. The lowest BCUT2D eigenvalue weighted by Gasteiger charge is -2.18. The average molecular weight is 342 g/mol. The maximum atomic E-state index is 14.1. The minimum atomic E-state index is -1.03. The Morgan fingerprint density at radius 1 is 1.16 bits per heavy atom. The standard InChI is InChI=1S/C18H15FN2O4/c19-14-8-15-12(5-6-16(22)21-15)7-13(14)17(23)20-9-10-1-3-11(4-2-10)18(24)25/h1-4,7-8H,5-6,9H2,(H,20,23)(H,21,22)(H,24,25). The van der Waals surface area contributed by atoms with Gasteiger partial charge >= 0.3 is 5.97 Å². The van der Waals surface area contributed by atoms with Gasteiger partial charge in [-0.2, -0.15) is 0 Å². The number of carboxylic acid groups (broad SMARTS) is 1. The molecule has 2 aromatic carbocycles. The molecule has 25 heavy (non-hydrogen) atoms. The molecule has 3 N–H and O–H groups in total. The van der Waals surface area contributed by atoms with Crippen molar-refractivity contribution in [1.29, 1.82) is 0 Å². The number of hydrogen-bond acceptors (Lipinski definition) is 3. The van der Waals surface area contributed by atoms with E-state index < -0.39 is 17.7 Å². The molecule has 0 saturated heterocycles. The van der Waals surface area contributed by atoms with Crippen molar-refractivity contribution in [1.82, 2.24) is 5.32 Å². The molecule has 0 aromatic heterocycles. The topological polar surface area (TPSA) is 95.5 Å². The van der Waals surface area contributed by atoms with E-state index in [1.165, 1.54) is 18.2 Å². The molecule has 128 valence electrons. The molecule has 1 aliphatic rings. The van der Waals surface area contributed by atoms with Gasteiger partial charge < -0.3 is 15.7 Å². The summed E-state index contributed by atoms with van der Waals surface area (Å²) >= 11 is 0. The van der Waals surface area contributed by atoms with Crippen molar-refractivity contribution in [2.75, 3.05) is 5.32 Å². The summed E-state index contributed by atoms with van der Waals surface area (Å²) in [5.74, 6) is -2.48. The summed E-state index contributed by atoms with van der Waals surface area (Å²) in [5.41, 5.74) is 1.88. The third kappa shape index (κ3) is 3.65. The third-order valence-electron chi connectivity index (χ3n) is 3.99. The Morgan fingerprint density at radius 3 is 2.56 bits per heavy atom. The molecule has 3 rings (SSSR count). The van der Waals surface area contributed by atoms with Crippen LogP contribution in [-0.2, 0) is 17.8 Å². The zero-order valence-corrected chi connectivity index (χ0v) is 13.1. The van der Waals surface area contributed by atoms with Crippen molar-refractivity contribution < 1.29 is 23.9 Å². The first-order valence-electron chi connectivity index (χ1n) is 7.67. The van der Waals surface area contributed by atoms with Crippen LogP contribution in [0.5, 0.6) is 0 Å². The minimum absolute atomic E-state index is 0.0861. The molecule has 0 saturated carbocycles. The number of aryl methyl sites for hydroxylation is 1. The SMILES string of the molecule is O=C1CCc2cc(C(=O)NCc3ccc(C(=O)O)cc3)c(F)cc2N1. The number of hydrogen-bond donors (Lipinski definition) is 3. The van der Waals surface area contributed by atoms with Crippen molar-refractivity contribution >= 4 is 23.5 Å². The molecule has 7 heteroatoms. The monoisotopic (exact) mass is 342 g/mol. The van der Waals surface area contributed by atoms with Crippen molar-refractivity contribution in [3.8, 4) is 0 Å². The second-order valence-corrected chi connectivity index (χ2v) is 5.72. The van der Waals surface area contributed by atoms with Gasteiger partial charge in [0.15, 0.2) is 0 Å². The molecule has 1 heterocycles. The van der Waals surface area contributed by atoms with Gasteiger partial charge in [-0.25, -0.2) is 9.18 Å². The predicted octanol–water partition coefficient (Wildman–Crippen LogP) is 2.34. The molecule has 0 radical (unpaired) electrons. The highest BCUT2D eigenvalue weighted by molar-refractivity contribution is 5.98. The number of benzene rings is 2. The quantitative estimate of drug-likeness (QED) is 0.795. The highest BCUT2D eigenvalue weighted by Gasteiger charge is 2.20. The van der Waals surface area contributed by atoms with E-state index in [1.807, 2.05) is 0 Å². The maximum absolute atomic E-state index is 14.1. The molecule has 0 aliphatic carbocycles. The van der Waals surface area contributed by atoms with Crippen molar-refractivity contribution in [2.24, 2.45) is 0 Å². The van der Waals surface area contributed by atoms with Crippen LogP contribution in [0.25, 0.3) is 0 Å². The molecule has 1 aliphatic heterocycles. The fourth-order valence-electron chi connectivity index (χ4n) is 2.62. The lowest BCUT2D eigenvalue weighted by Crippen LogP contribution is -2.25. The minimum Gasteiger partial charge on any atom is -0.478 e. The van der Waals surface area contributed by atoms with Crippen molar-refractivity contribution in [2.45, 2.75) is 19.4 Å². The van der Waals surface area contributed by atoms with E-state index in [9.17, 15) is 18.8 Å². The Hall–Kier alpha value is -3.22. The highest BCUT2D eigenvalue weighted by Crippen LogP contribution is 2.25. The Bertz CT molecular complexity index is 862. The van der Waals surface area contributed by atoms with Gasteiger partial charge in [0.1, 0.15) is 5.82 Å². The van der Waals surface area contributed by atoms with Gasteiger partial charge in [-0.15, -0.1) is 0 Å². The number of amides is 2. The lowest BCUT2D eigenvalue weighted by atomic mass is 9.99. The molecular formula is C18H15FN2O4. The van der Waals surface area contributed by atoms with Crippen LogP contribution in [0.1, 0.15) is 38.3 Å². The van der Waals surface area contributed by atoms with Crippen LogP contribution in [0.15, 0.2) is 36.4 Å². The second kappa shape index (κ2) is 6.72. The van der Waals surface area contributed by atoms with E-state index in [4.69, 9.17) is 5.11 Å². The van der Waals surface area contributed by atoms with Gasteiger partial charge in [0.2, 0.25) is 5.91 Å². The average Bonchev–Trinajstić information content (AvgIpc) is 2.59. The number of aromatic carboxylic acids is 1. The first-order valence-corrected chi connectivity index (χ1v) is 7.67. The summed E-state index contributed by atoms with van der Waals surface area (Å²) in [6, 6.07) is 8.65. The van der Waals surface area contributed by atoms with E-state index in [0.29, 0.717) is 24.1 Å². The Balaban J connectivity index is 1.71. The van der Waals surface area contributed by atoms with E-state index in [1.54, 1.807) is 12.1 Å². The summed E-state index contributed by atoms with van der Waals surface area (Å²) in [7, 11) is 0. The smallest absolute Gasteiger partial charge is 0.335 e. The largest absolute Gasteiger partial charge is 0.478 e. The fraction of sp³-hybridized carbons (Fsp3) is 0.167. The van der Waals surface area contributed by atoms with Crippen LogP contribution >= 0.6 is 0 Å². The number of fused-ring (bicyclic) bond motifs is 1. The highest BCUT2D eigenvalue weighted by atomic mass is 19.1. The van der Waals surface area contributed by atoms with Crippen LogP contribution in [0.2, 0.25) is 0 Å². The van der Waals surface area contributed by atoms with Crippen LogP contribution in [0.3, 0.4) is 0 Å². The molecule has 0 bridgehead atoms. The zero-order valence-electron chi connectivity index (χ0n) is 13.1. The molecule has 6 nitrogen and oxygen atoms in total.